The predicted octanol–water partition coefficient (Wildman–Crippen LogP) is 15.3. The number of carbonyl (C=O) groups excluding carboxylic acids is 4. The van der Waals surface area contributed by atoms with Crippen LogP contribution >= 0.6 is 46.4 Å². The van der Waals surface area contributed by atoms with E-state index in [-0.39, 0.29) is 137 Å². The fraction of sp³-hybridized carbons (Fsp3) is 0.319. The van der Waals surface area contributed by atoms with Gasteiger partial charge in [0.1, 0.15) is 101 Å². The second-order valence-corrected chi connectivity index (χ2v) is 33.2. The molecule has 4 aliphatic heterocycles. The number of phenolic OH excluding ortho intramolecular Hbond substituents is 4. The largest absolute Gasteiger partial charge is 0.513 e. The van der Waals surface area contributed by atoms with Crippen LogP contribution in [-0.2, 0) is 19.1 Å². The van der Waals surface area contributed by atoms with Crippen molar-refractivity contribution in [2.45, 2.75) is 101 Å². The monoisotopic (exact) mass is 1830 g/mol. The molecule has 0 bridgehead atoms. The van der Waals surface area contributed by atoms with E-state index in [1.165, 1.54) is 55.5 Å². The van der Waals surface area contributed by atoms with Crippen molar-refractivity contribution >= 4 is 115 Å². The van der Waals surface area contributed by atoms with E-state index in [4.69, 9.17) is 87.8 Å². The van der Waals surface area contributed by atoms with Gasteiger partial charge in [-0.15, -0.1) is 0 Å². The van der Waals surface area contributed by atoms with Crippen molar-refractivity contribution in [3.63, 3.8) is 0 Å². The highest BCUT2D eigenvalue weighted by Gasteiger charge is 2.39. The average Bonchev–Trinajstić information content (AvgIpc) is 0.759. The highest BCUT2D eigenvalue weighted by molar-refractivity contribution is 6.34. The van der Waals surface area contributed by atoms with Gasteiger partial charge in [-0.25, -0.2) is 9.59 Å². The standard InChI is InChI=1S/C24H24ClNO7.C24H24ClNO6.C23H22ClNO7.C23H22ClNO6/c1-3-31-24(30)33-20-11-16(27)21(14-8-9-26(2)12-18(14)29)23-22(20)17(28)10-19(32-23)13-6-4-5-7-15(13)25;1-3-21(30)31-20-11-16(27)22(14-8-9-26(2)12-18(14)29)24-23(20)17(28)10-19(32-24)13-6-4-5-7-15(13)25;1-25-8-7-13(17(28)11-25)20-15(26)10-19(32-23(29)30-2)21-16(27)9-18(31-22(20)21)12-5-3-4-6-14(12)24;1-12(26)30-20-10-16(27)21(14-7-8-25(2)11-18(14)29)23-22(20)17(28)9-19(31-23)13-5-3-4-6-15(13)24/h4-7,10-11,14,18,27,29H,3,8-9,12H2,1-2H3;4-7,10-11,14,18,27,29H,3,8-9,12H2,1-2H3;3-6,9-10,13,17,26,28H,7-8,11H2,1-2H3;3-6,9-10,14,18,27,29H,7-8,11H2,1-2H3/t2*14-,18+;13-,17+;14-,18+/m0000/s1. The minimum absolute atomic E-state index is 0.0277. The third kappa shape index (κ3) is 20.5. The molecule has 4 saturated heterocycles. The number of β-amino-alcohol motifs (C(OH)–C–C–N with tert-alkyl or cyclic N) is 4. The third-order valence-electron chi connectivity index (χ3n) is 22.7. The van der Waals surface area contributed by atoms with Crippen molar-refractivity contribution in [1.29, 1.82) is 0 Å². The molecule has 8 atom stereocenters. The lowest BCUT2D eigenvalue weighted by atomic mass is 9.85. The highest BCUT2D eigenvalue weighted by Crippen LogP contribution is 2.50. The lowest BCUT2D eigenvalue weighted by Crippen LogP contribution is -2.40. The number of phenols is 4. The zero-order chi connectivity index (χ0) is 92.0. The smallest absolute Gasteiger partial charge is 0.507 e. The van der Waals surface area contributed by atoms with Crippen LogP contribution in [0.25, 0.3) is 89.2 Å². The van der Waals surface area contributed by atoms with Gasteiger partial charge in [0.25, 0.3) is 0 Å². The molecule has 8 heterocycles. The molecule has 4 aliphatic rings. The van der Waals surface area contributed by atoms with Gasteiger partial charge in [0.05, 0.1) is 58.2 Å². The minimum atomic E-state index is -1.05. The normalized spacial score (nSPS) is 19.2. The number of hydrogen-bond acceptors (Lipinski definition) is 30. The molecule has 0 amide bonds. The third-order valence-corrected chi connectivity index (χ3v) is 24.0. The molecule has 8 N–H and O–H groups in total. The van der Waals surface area contributed by atoms with Crippen molar-refractivity contribution in [3.05, 3.63) is 229 Å². The molecule has 0 saturated carbocycles. The Kier molecular flexibility index (Phi) is 29.8. The van der Waals surface area contributed by atoms with E-state index in [1.54, 1.807) is 111 Å². The van der Waals surface area contributed by atoms with Crippen LogP contribution in [0.5, 0.6) is 46.0 Å². The number of esters is 2. The van der Waals surface area contributed by atoms with E-state index >= 15 is 0 Å². The van der Waals surface area contributed by atoms with Gasteiger partial charge in [-0.2, -0.15) is 0 Å². The highest BCUT2D eigenvalue weighted by atomic mass is 35.5. The van der Waals surface area contributed by atoms with Crippen LogP contribution in [0.15, 0.2) is 182 Å². The second-order valence-electron chi connectivity index (χ2n) is 31.5. The van der Waals surface area contributed by atoms with Gasteiger partial charge in [-0.05, 0) is 136 Å². The molecule has 0 radical (unpaired) electrons. The van der Waals surface area contributed by atoms with E-state index < -0.39 is 94.1 Å². The first-order valence-corrected chi connectivity index (χ1v) is 42.5. The number of halogens is 4. The van der Waals surface area contributed by atoms with Gasteiger partial charge in [0.15, 0.2) is 33.2 Å². The topological polar surface area (TPSA) is 419 Å². The molecule has 4 aromatic heterocycles. The lowest BCUT2D eigenvalue weighted by Gasteiger charge is -2.34. The summed E-state index contributed by atoms with van der Waals surface area (Å²) in [5.41, 5.74) is 1.55. The molecule has 0 aliphatic carbocycles. The lowest BCUT2D eigenvalue weighted by molar-refractivity contribution is -0.134. The Morgan fingerprint density at radius 3 is 0.867 bits per heavy atom. The van der Waals surface area contributed by atoms with Crippen LogP contribution in [0.1, 0.15) is 98.8 Å². The number of rotatable bonds is 14. The SMILES string of the molecule is CC(=O)Oc1cc(O)c([C@H]2CCN(C)C[C@H]2O)c2oc(-c3ccccc3Cl)cc(=O)c12.CCC(=O)Oc1cc(O)c([C@H]2CCN(C)C[C@H]2O)c2oc(-c3ccccc3Cl)cc(=O)c12.CCOC(=O)Oc1cc(O)c([C@H]2CCN(C)C[C@H]2O)c2oc(-c3ccccc3Cl)cc(=O)c12.COC(=O)Oc1cc(O)c([C@H]2CCN(C)C[C@H]2O)c2oc(-c3ccccc3Cl)cc(=O)c12. The molecule has 0 unspecified atom stereocenters. The Hall–Kier alpha value is -11.9. The summed E-state index contributed by atoms with van der Waals surface area (Å²) in [5.74, 6) is -3.78. The Morgan fingerprint density at radius 1 is 0.383 bits per heavy atom. The molecule has 4 fully saturated rings. The summed E-state index contributed by atoms with van der Waals surface area (Å²) >= 11 is 25.2. The maximum atomic E-state index is 13.2. The minimum Gasteiger partial charge on any atom is -0.507 e. The number of aliphatic hydroxyl groups is 4. The summed E-state index contributed by atoms with van der Waals surface area (Å²) < 4.78 is 54.7. The Balaban J connectivity index is 0.000000146. The number of likely N-dealkylation sites (N-methyl/N-ethyl adjacent to an activating group) is 4. The first kappa shape index (κ1) is 93.8. The number of fused-ring (bicyclic) bond motifs is 4. The van der Waals surface area contributed by atoms with Crippen LogP contribution in [0.3, 0.4) is 0 Å². The van der Waals surface area contributed by atoms with E-state index in [9.17, 15) is 79.2 Å². The number of carbonyl (C=O) groups is 4. The Labute approximate surface area is 751 Å². The molecule has 30 nitrogen and oxygen atoms in total. The van der Waals surface area contributed by atoms with Crippen LogP contribution in [0.4, 0.5) is 9.59 Å². The van der Waals surface area contributed by atoms with Gasteiger partial charge in [0, 0.05) is 156 Å². The first-order chi connectivity index (χ1) is 61.1. The first-order valence-electron chi connectivity index (χ1n) is 41.0. The fourth-order valence-electron chi connectivity index (χ4n) is 16.6. The zero-order valence-electron chi connectivity index (χ0n) is 70.6. The summed E-state index contributed by atoms with van der Waals surface area (Å²) in [4.78, 5) is 108. The molecule has 672 valence electrons. The Morgan fingerprint density at radius 2 is 0.633 bits per heavy atom. The van der Waals surface area contributed by atoms with Crippen LogP contribution in [0, 0.1) is 0 Å². The van der Waals surface area contributed by atoms with E-state index in [0.29, 0.717) is 132 Å². The molecular weight excluding hydrogens is 1740 g/mol. The molecule has 8 aromatic carbocycles. The van der Waals surface area contributed by atoms with Crippen molar-refractivity contribution in [3.8, 4) is 91.3 Å². The van der Waals surface area contributed by atoms with Gasteiger partial charge in [-0.3, -0.25) is 28.8 Å². The number of piperidine rings is 4. The quantitative estimate of drug-likeness (QED) is 0.0285. The summed E-state index contributed by atoms with van der Waals surface area (Å²) in [6.45, 7) is 8.88. The molecule has 34 heteroatoms. The van der Waals surface area contributed by atoms with Crippen molar-refractivity contribution < 1.29 is 106 Å². The van der Waals surface area contributed by atoms with Crippen molar-refractivity contribution in [1.82, 2.24) is 19.6 Å². The van der Waals surface area contributed by atoms with E-state index in [1.807, 2.05) is 47.8 Å². The van der Waals surface area contributed by atoms with Crippen LogP contribution in [0.2, 0.25) is 20.1 Å². The number of nitrogens with zero attached hydrogens (tertiary/aromatic N) is 4. The van der Waals surface area contributed by atoms with Gasteiger partial charge < -0.3 is 107 Å². The number of benzene rings is 8. The summed E-state index contributed by atoms with van der Waals surface area (Å²) in [5, 5.41) is 88.1. The molecular formula is C94H92Cl4N4O26. The summed E-state index contributed by atoms with van der Waals surface area (Å²) in [6, 6.07) is 37.5. The predicted molar refractivity (Wildman–Crippen MR) is 480 cm³/mol. The number of likely N-dealkylation sites (tertiary alicyclic amines) is 4. The van der Waals surface area contributed by atoms with E-state index in [0.717, 1.165) is 7.11 Å². The van der Waals surface area contributed by atoms with E-state index in [2.05, 4.69) is 4.74 Å². The average molecular weight is 1840 g/mol. The maximum Gasteiger partial charge on any atom is 0.513 e. The summed E-state index contributed by atoms with van der Waals surface area (Å²) in [7, 11) is 8.71. The fourth-order valence-corrected chi connectivity index (χ4v) is 17.5. The molecule has 12 aromatic rings. The number of methoxy groups -OCH3 is 1. The Bertz CT molecular complexity index is 6300. The number of hydrogen-bond donors (Lipinski definition) is 8. The zero-order valence-corrected chi connectivity index (χ0v) is 73.6. The molecule has 16 rings (SSSR count). The number of aliphatic hydroxyl groups excluding tert-OH is 4. The summed E-state index contributed by atoms with van der Waals surface area (Å²) in [6.07, 6.45) is -2.97. The van der Waals surface area contributed by atoms with Gasteiger partial charge in [-0.1, -0.05) is 102 Å². The molecule has 0 spiro atoms. The van der Waals surface area contributed by atoms with Gasteiger partial charge >= 0.3 is 24.2 Å². The number of aromatic hydroxyl groups is 4. The second kappa shape index (κ2) is 40.6. The molecule has 128 heavy (non-hydrogen) atoms. The van der Waals surface area contributed by atoms with Gasteiger partial charge in [0.2, 0.25) is 0 Å². The number of ether oxygens (including phenoxy) is 6. The van der Waals surface area contributed by atoms with Crippen molar-refractivity contribution in [2.24, 2.45) is 0 Å². The van der Waals surface area contributed by atoms with Crippen molar-refractivity contribution in [2.75, 3.05) is 94.3 Å². The van der Waals surface area contributed by atoms with Crippen LogP contribution < -0.4 is 40.7 Å². The maximum absolute atomic E-state index is 13.2. The van der Waals surface area contributed by atoms with Crippen LogP contribution in [-0.4, -0.2) is 203 Å².